The van der Waals surface area contributed by atoms with E-state index in [1.807, 2.05) is 24.9 Å². The van der Waals surface area contributed by atoms with E-state index in [4.69, 9.17) is 27.9 Å². The molecule has 1 aromatic rings. The summed E-state index contributed by atoms with van der Waals surface area (Å²) in [5, 5.41) is 17.0. The van der Waals surface area contributed by atoms with Crippen LogP contribution in [0.2, 0.25) is 5.02 Å². The molecule has 0 aliphatic heterocycles. The second kappa shape index (κ2) is 6.00. The van der Waals surface area contributed by atoms with E-state index in [2.05, 4.69) is 0 Å². The lowest BCUT2D eigenvalue weighted by Gasteiger charge is -2.23. The number of hydrogen-bond donors (Lipinski definition) is 3. The van der Waals surface area contributed by atoms with Gasteiger partial charge in [0, 0.05) is 23.2 Å². The zero-order valence-corrected chi connectivity index (χ0v) is 10.8. The molecule has 0 heterocycles. The van der Waals surface area contributed by atoms with Gasteiger partial charge in [0.1, 0.15) is 5.84 Å². The van der Waals surface area contributed by atoms with Crippen LogP contribution in [0.1, 0.15) is 18.1 Å². The smallest absolute Gasteiger partial charge is 0.122 e. The Kier molecular flexibility index (Phi) is 4.93. The Morgan fingerprint density at radius 1 is 1.59 bits per heavy atom. The standard InChI is InChI=1S/C12H18ClN3O/c1-8(7-17)16(2)6-10-4-3-9(12(14)15)5-11(10)13/h3-5,8,17H,6-7H2,1-2H3,(H3,14,15). The van der Waals surface area contributed by atoms with Crippen molar-refractivity contribution in [3.8, 4) is 0 Å². The number of halogens is 1. The van der Waals surface area contributed by atoms with Crippen molar-refractivity contribution in [2.75, 3.05) is 13.7 Å². The van der Waals surface area contributed by atoms with E-state index in [1.54, 1.807) is 12.1 Å². The zero-order valence-electron chi connectivity index (χ0n) is 10.1. The molecule has 0 radical (unpaired) electrons. The summed E-state index contributed by atoms with van der Waals surface area (Å²) in [5.74, 6) is 0.00975. The van der Waals surface area contributed by atoms with Gasteiger partial charge in [0.15, 0.2) is 0 Å². The first-order valence-corrected chi connectivity index (χ1v) is 5.77. The third kappa shape index (κ3) is 3.70. The topological polar surface area (TPSA) is 73.3 Å². The summed E-state index contributed by atoms with van der Waals surface area (Å²) in [4.78, 5) is 2.01. The first-order chi connectivity index (χ1) is 7.95. The molecule has 17 heavy (non-hydrogen) atoms. The largest absolute Gasteiger partial charge is 0.395 e. The molecule has 1 aromatic carbocycles. The van der Waals surface area contributed by atoms with Gasteiger partial charge in [0.2, 0.25) is 0 Å². The number of aliphatic hydroxyl groups is 1. The predicted molar refractivity (Wildman–Crippen MR) is 70.5 cm³/mol. The Morgan fingerprint density at radius 2 is 2.24 bits per heavy atom. The molecule has 0 spiro atoms. The van der Waals surface area contributed by atoms with E-state index in [-0.39, 0.29) is 18.5 Å². The van der Waals surface area contributed by atoms with Crippen molar-refractivity contribution < 1.29 is 5.11 Å². The molecule has 0 fully saturated rings. The zero-order chi connectivity index (χ0) is 13.0. The molecular formula is C12H18ClN3O. The molecular weight excluding hydrogens is 238 g/mol. The number of hydrogen-bond acceptors (Lipinski definition) is 3. The Hall–Kier alpha value is -1.10. The van der Waals surface area contributed by atoms with Gasteiger partial charge in [-0.15, -0.1) is 0 Å². The lowest BCUT2D eigenvalue weighted by molar-refractivity contribution is 0.154. The molecule has 0 aromatic heterocycles. The van der Waals surface area contributed by atoms with E-state index in [0.717, 1.165) is 5.56 Å². The Bertz CT molecular complexity index is 409. The number of benzene rings is 1. The van der Waals surface area contributed by atoms with Crippen molar-refractivity contribution in [3.63, 3.8) is 0 Å². The molecule has 0 amide bonds. The molecule has 1 rings (SSSR count). The number of likely N-dealkylation sites (N-methyl/N-ethyl adjacent to an activating group) is 1. The Labute approximate surface area is 107 Å². The third-order valence-corrected chi connectivity index (χ3v) is 3.15. The van der Waals surface area contributed by atoms with E-state index < -0.39 is 0 Å². The highest BCUT2D eigenvalue weighted by Crippen LogP contribution is 2.19. The molecule has 1 unspecified atom stereocenters. The number of nitrogens with zero attached hydrogens (tertiary/aromatic N) is 1. The van der Waals surface area contributed by atoms with E-state index in [1.165, 1.54) is 0 Å². The van der Waals surface area contributed by atoms with Crippen LogP contribution in [0, 0.1) is 5.41 Å². The number of nitrogens with one attached hydrogen (secondary N) is 1. The maximum Gasteiger partial charge on any atom is 0.122 e. The maximum absolute atomic E-state index is 9.05. The summed E-state index contributed by atoms with van der Waals surface area (Å²) in [7, 11) is 1.93. The molecule has 5 heteroatoms. The fraction of sp³-hybridized carbons (Fsp3) is 0.417. The molecule has 1 atom stereocenters. The van der Waals surface area contributed by atoms with Gasteiger partial charge in [0.05, 0.1) is 6.61 Å². The SMILES string of the molecule is CC(CO)N(C)Cc1ccc(C(=N)N)cc1Cl. The second-order valence-electron chi connectivity index (χ2n) is 4.17. The summed E-state index contributed by atoms with van der Waals surface area (Å²) >= 11 is 6.12. The molecule has 0 saturated carbocycles. The van der Waals surface area contributed by atoms with Crippen molar-refractivity contribution in [1.29, 1.82) is 5.41 Å². The first kappa shape index (κ1) is 14.0. The summed E-state index contributed by atoms with van der Waals surface area (Å²) in [6, 6.07) is 5.41. The molecule has 0 aliphatic rings. The van der Waals surface area contributed by atoms with Gasteiger partial charge in [-0.3, -0.25) is 10.3 Å². The Morgan fingerprint density at radius 3 is 2.71 bits per heavy atom. The van der Waals surface area contributed by atoms with Crippen molar-refractivity contribution in [2.45, 2.75) is 19.5 Å². The van der Waals surface area contributed by atoms with Crippen LogP contribution in [-0.2, 0) is 6.54 Å². The average Bonchev–Trinajstić information content (AvgIpc) is 2.30. The van der Waals surface area contributed by atoms with Gasteiger partial charge >= 0.3 is 0 Å². The van der Waals surface area contributed by atoms with Crippen molar-refractivity contribution in [2.24, 2.45) is 5.73 Å². The first-order valence-electron chi connectivity index (χ1n) is 5.39. The predicted octanol–water partition coefficient (Wildman–Crippen LogP) is 1.44. The van der Waals surface area contributed by atoms with Gasteiger partial charge < -0.3 is 10.8 Å². The summed E-state index contributed by atoms with van der Waals surface area (Å²) in [5.41, 5.74) is 6.96. The van der Waals surface area contributed by atoms with Crippen molar-refractivity contribution in [3.05, 3.63) is 34.3 Å². The maximum atomic E-state index is 9.05. The third-order valence-electron chi connectivity index (χ3n) is 2.80. The fourth-order valence-electron chi connectivity index (χ4n) is 1.41. The minimum Gasteiger partial charge on any atom is -0.395 e. The highest BCUT2D eigenvalue weighted by molar-refractivity contribution is 6.31. The van der Waals surface area contributed by atoms with Crippen LogP contribution in [0.5, 0.6) is 0 Å². The molecule has 0 saturated heterocycles. The minimum absolute atomic E-state index is 0.00975. The minimum atomic E-state index is 0.00975. The van der Waals surface area contributed by atoms with Crippen LogP contribution in [0.4, 0.5) is 0 Å². The average molecular weight is 256 g/mol. The normalized spacial score (nSPS) is 12.8. The lowest BCUT2D eigenvalue weighted by atomic mass is 10.1. The summed E-state index contributed by atoms with van der Waals surface area (Å²) in [6.07, 6.45) is 0. The van der Waals surface area contributed by atoms with Crippen LogP contribution >= 0.6 is 11.6 Å². The number of amidine groups is 1. The van der Waals surface area contributed by atoms with E-state index >= 15 is 0 Å². The van der Waals surface area contributed by atoms with Crippen LogP contribution < -0.4 is 5.73 Å². The number of nitrogen functional groups attached to an aromatic ring is 1. The number of rotatable bonds is 5. The molecule has 4 N–H and O–H groups in total. The molecule has 0 aliphatic carbocycles. The Balaban J connectivity index is 2.82. The highest BCUT2D eigenvalue weighted by Gasteiger charge is 2.11. The van der Waals surface area contributed by atoms with Gasteiger partial charge in [-0.2, -0.15) is 0 Å². The quantitative estimate of drug-likeness (QED) is 0.551. The van der Waals surface area contributed by atoms with Crippen molar-refractivity contribution >= 4 is 17.4 Å². The van der Waals surface area contributed by atoms with Gasteiger partial charge in [-0.05, 0) is 25.6 Å². The van der Waals surface area contributed by atoms with Crippen molar-refractivity contribution in [1.82, 2.24) is 4.90 Å². The summed E-state index contributed by atoms with van der Waals surface area (Å²) < 4.78 is 0. The highest BCUT2D eigenvalue weighted by atomic mass is 35.5. The second-order valence-corrected chi connectivity index (χ2v) is 4.57. The lowest BCUT2D eigenvalue weighted by Crippen LogP contribution is -2.31. The van der Waals surface area contributed by atoms with Crippen LogP contribution in [-0.4, -0.2) is 35.5 Å². The van der Waals surface area contributed by atoms with Crippen LogP contribution in [0.3, 0.4) is 0 Å². The number of aliphatic hydroxyl groups excluding tert-OH is 1. The fourth-order valence-corrected chi connectivity index (χ4v) is 1.65. The molecule has 4 nitrogen and oxygen atoms in total. The monoisotopic (exact) mass is 255 g/mol. The molecule has 94 valence electrons. The van der Waals surface area contributed by atoms with E-state index in [9.17, 15) is 0 Å². The van der Waals surface area contributed by atoms with Crippen LogP contribution in [0.15, 0.2) is 18.2 Å². The van der Waals surface area contributed by atoms with Gasteiger partial charge in [-0.1, -0.05) is 23.7 Å². The molecule has 0 bridgehead atoms. The van der Waals surface area contributed by atoms with Crippen LogP contribution in [0.25, 0.3) is 0 Å². The number of nitrogens with two attached hydrogens (primary N) is 1. The van der Waals surface area contributed by atoms with Gasteiger partial charge in [0.25, 0.3) is 0 Å². The summed E-state index contributed by atoms with van der Waals surface area (Å²) in [6.45, 7) is 2.70. The van der Waals surface area contributed by atoms with Gasteiger partial charge in [-0.25, -0.2) is 0 Å². The van der Waals surface area contributed by atoms with E-state index in [0.29, 0.717) is 17.1 Å².